The number of nitrogens with zero attached hydrogens (tertiary/aromatic N) is 1. The quantitative estimate of drug-likeness (QED) is 0.462. The average molecular weight is 378 g/mol. The fourth-order valence-electron chi connectivity index (χ4n) is 2.65. The average Bonchev–Trinajstić information content (AvgIpc) is 2.65. The van der Waals surface area contributed by atoms with Gasteiger partial charge in [0.1, 0.15) is 0 Å². The van der Waals surface area contributed by atoms with Gasteiger partial charge in [0.15, 0.2) is 0 Å². The van der Waals surface area contributed by atoms with Gasteiger partial charge >= 0.3 is 0 Å². The minimum Gasteiger partial charge on any atom is -0.322 e. The van der Waals surface area contributed by atoms with Crippen LogP contribution in [0.3, 0.4) is 0 Å². The zero-order chi connectivity index (χ0) is 19.4. The van der Waals surface area contributed by atoms with E-state index in [-0.39, 0.29) is 11.6 Å². The second-order valence-corrected chi connectivity index (χ2v) is 7.24. The zero-order valence-corrected chi connectivity index (χ0v) is 15.7. The number of nitro benzene ring substituents is 1. The van der Waals surface area contributed by atoms with E-state index >= 15 is 0 Å². The Balaban J connectivity index is 1.82. The van der Waals surface area contributed by atoms with Gasteiger partial charge in [0, 0.05) is 27.6 Å². The maximum Gasteiger partial charge on any atom is 0.269 e. The number of benzene rings is 3. The summed E-state index contributed by atoms with van der Waals surface area (Å²) in [5.74, 6) is -0.188. The highest BCUT2D eigenvalue weighted by molar-refractivity contribution is 7.99. The number of rotatable bonds is 5. The number of amides is 1. The van der Waals surface area contributed by atoms with Crippen LogP contribution in [0.2, 0.25) is 0 Å². The summed E-state index contributed by atoms with van der Waals surface area (Å²) in [6, 6.07) is 19.5. The molecule has 3 aromatic rings. The van der Waals surface area contributed by atoms with E-state index in [1.807, 2.05) is 50.2 Å². The molecule has 136 valence electrons. The maximum absolute atomic E-state index is 12.8. The van der Waals surface area contributed by atoms with Crippen LogP contribution in [-0.4, -0.2) is 10.8 Å². The predicted molar refractivity (Wildman–Crippen MR) is 108 cm³/mol. The number of nitro groups is 1. The minimum atomic E-state index is -0.431. The Morgan fingerprint density at radius 2 is 1.70 bits per heavy atom. The summed E-state index contributed by atoms with van der Waals surface area (Å²) in [4.78, 5) is 24.8. The molecule has 0 saturated heterocycles. The molecule has 3 aromatic carbocycles. The lowest BCUT2D eigenvalue weighted by molar-refractivity contribution is -0.384. The van der Waals surface area contributed by atoms with Crippen molar-refractivity contribution in [1.29, 1.82) is 0 Å². The van der Waals surface area contributed by atoms with Crippen molar-refractivity contribution in [2.24, 2.45) is 0 Å². The van der Waals surface area contributed by atoms with Crippen molar-refractivity contribution in [3.8, 4) is 0 Å². The fourth-order valence-corrected chi connectivity index (χ4v) is 3.59. The van der Waals surface area contributed by atoms with Gasteiger partial charge in [0.25, 0.3) is 11.6 Å². The summed E-state index contributed by atoms with van der Waals surface area (Å²) in [5, 5.41) is 13.7. The van der Waals surface area contributed by atoms with Crippen LogP contribution >= 0.6 is 11.8 Å². The first-order chi connectivity index (χ1) is 12.9. The first-order valence-corrected chi connectivity index (χ1v) is 9.15. The highest BCUT2D eigenvalue weighted by Gasteiger charge is 2.14. The number of carbonyl (C=O) groups is 1. The van der Waals surface area contributed by atoms with Crippen LogP contribution in [0.25, 0.3) is 0 Å². The van der Waals surface area contributed by atoms with Crippen molar-refractivity contribution in [2.75, 3.05) is 5.32 Å². The number of non-ortho nitro benzene ring substituents is 1. The molecular formula is C21H18N2O3S. The Morgan fingerprint density at radius 3 is 2.37 bits per heavy atom. The van der Waals surface area contributed by atoms with E-state index in [4.69, 9.17) is 0 Å². The van der Waals surface area contributed by atoms with Crippen LogP contribution in [0.1, 0.15) is 21.5 Å². The molecule has 0 spiro atoms. The monoisotopic (exact) mass is 378 g/mol. The third-order valence-electron chi connectivity index (χ3n) is 4.04. The third-order valence-corrected chi connectivity index (χ3v) is 5.12. The number of anilines is 1. The van der Waals surface area contributed by atoms with Crippen molar-refractivity contribution in [1.82, 2.24) is 0 Å². The molecule has 1 N–H and O–H groups in total. The highest BCUT2D eigenvalue weighted by Crippen LogP contribution is 2.32. The molecule has 0 fully saturated rings. The molecule has 0 aromatic heterocycles. The molecular weight excluding hydrogens is 360 g/mol. The number of carbonyl (C=O) groups excluding carboxylic acids is 1. The molecule has 1 amide bonds. The lowest BCUT2D eigenvalue weighted by Gasteiger charge is -2.12. The van der Waals surface area contributed by atoms with Crippen LogP contribution in [0.15, 0.2) is 76.5 Å². The SMILES string of the molecule is Cc1ccc(NC(=O)c2ccccc2Sc2ccc([N+](=O)[O-])cc2)c(C)c1. The molecule has 0 heterocycles. The van der Waals surface area contributed by atoms with Crippen molar-refractivity contribution in [3.05, 3.63) is 93.5 Å². The van der Waals surface area contributed by atoms with Crippen molar-refractivity contribution in [2.45, 2.75) is 23.6 Å². The van der Waals surface area contributed by atoms with Gasteiger partial charge in [-0.1, -0.05) is 41.6 Å². The first-order valence-electron chi connectivity index (χ1n) is 8.34. The lowest BCUT2D eigenvalue weighted by atomic mass is 10.1. The van der Waals surface area contributed by atoms with E-state index in [2.05, 4.69) is 5.32 Å². The van der Waals surface area contributed by atoms with Crippen LogP contribution in [0, 0.1) is 24.0 Å². The Labute approximate surface area is 161 Å². The summed E-state index contributed by atoms with van der Waals surface area (Å²) in [5.41, 5.74) is 3.52. The highest BCUT2D eigenvalue weighted by atomic mass is 32.2. The molecule has 27 heavy (non-hydrogen) atoms. The largest absolute Gasteiger partial charge is 0.322 e. The molecule has 6 heteroatoms. The molecule has 0 radical (unpaired) electrons. The second kappa shape index (κ2) is 8.05. The fraction of sp³-hybridized carbons (Fsp3) is 0.0952. The molecule has 0 saturated carbocycles. The summed E-state index contributed by atoms with van der Waals surface area (Å²) >= 11 is 1.40. The summed E-state index contributed by atoms with van der Waals surface area (Å²) in [7, 11) is 0. The van der Waals surface area contributed by atoms with Crippen molar-refractivity contribution in [3.63, 3.8) is 0 Å². The number of hydrogen-bond donors (Lipinski definition) is 1. The van der Waals surface area contributed by atoms with E-state index in [9.17, 15) is 14.9 Å². The van der Waals surface area contributed by atoms with Crippen LogP contribution < -0.4 is 5.32 Å². The number of aryl methyl sites for hydroxylation is 2. The molecule has 0 unspecified atom stereocenters. The van der Waals surface area contributed by atoms with Gasteiger partial charge in [-0.15, -0.1) is 0 Å². The molecule has 0 atom stereocenters. The van der Waals surface area contributed by atoms with Gasteiger partial charge in [-0.2, -0.15) is 0 Å². The van der Waals surface area contributed by atoms with Gasteiger partial charge in [0.2, 0.25) is 0 Å². The minimum absolute atomic E-state index is 0.0419. The maximum atomic E-state index is 12.8. The van der Waals surface area contributed by atoms with Gasteiger partial charge in [-0.3, -0.25) is 14.9 Å². The zero-order valence-electron chi connectivity index (χ0n) is 14.9. The van der Waals surface area contributed by atoms with Crippen molar-refractivity contribution < 1.29 is 9.72 Å². The normalized spacial score (nSPS) is 10.4. The molecule has 5 nitrogen and oxygen atoms in total. The molecule has 3 rings (SSSR count). The standard InChI is InChI=1S/C21H18N2O3S/c1-14-7-12-19(15(2)13-14)22-21(24)18-5-3-4-6-20(18)27-17-10-8-16(9-11-17)23(25)26/h3-13H,1-2H3,(H,22,24). The predicted octanol–water partition coefficient (Wildman–Crippen LogP) is 5.62. The topological polar surface area (TPSA) is 72.2 Å². The van der Waals surface area contributed by atoms with Gasteiger partial charge in [0.05, 0.1) is 10.5 Å². The first kappa shape index (κ1) is 18.7. The summed E-state index contributed by atoms with van der Waals surface area (Å²) < 4.78 is 0. The van der Waals surface area contributed by atoms with E-state index < -0.39 is 4.92 Å². The second-order valence-electron chi connectivity index (χ2n) is 6.12. The summed E-state index contributed by atoms with van der Waals surface area (Å²) in [6.07, 6.45) is 0. The molecule has 0 aliphatic heterocycles. The Hall–Kier alpha value is -3.12. The van der Waals surface area contributed by atoms with E-state index in [1.165, 1.54) is 23.9 Å². The van der Waals surface area contributed by atoms with E-state index in [0.29, 0.717) is 5.56 Å². The molecule has 0 aliphatic rings. The molecule has 0 bridgehead atoms. The number of nitrogens with one attached hydrogen (secondary N) is 1. The van der Waals surface area contributed by atoms with Gasteiger partial charge in [-0.25, -0.2) is 0 Å². The molecule has 0 aliphatic carbocycles. The van der Waals surface area contributed by atoms with Crippen LogP contribution in [0.4, 0.5) is 11.4 Å². The Kier molecular flexibility index (Phi) is 5.57. The van der Waals surface area contributed by atoms with Crippen molar-refractivity contribution >= 4 is 29.0 Å². The Morgan fingerprint density at radius 1 is 1.00 bits per heavy atom. The Bertz CT molecular complexity index is 1000. The van der Waals surface area contributed by atoms with Crippen LogP contribution in [-0.2, 0) is 0 Å². The van der Waals surface area contributed by atoms with Gasteiger partial charge in [-0.05, 0) is 49.7 Å². The smallest absolute Gasteiger partial charge is 0.269 e. The van der Waals surface area contributed by atoms with E-state index in [0.717, 1.165) is 26.6 Å². The lowest BCUT2D eigenvalue weighted by Crippen LogP contribution is -2.13. The number of hydrogen-bond acceptors (Lipinski definition) is 4. The van der Waals surface area contributed by atoms with Gasteiger partial charge < -0.3 is 5.32 Å². The summed E-state index contributed by atoms with van der Waals surface area (Å²) in [6.45, 7) is 3.97. The van der Waals surface area contributed by atoms with Crippen LogP contribution in [0.5, 0.6) is 0 Å². The third kappa shape index (κ3) is 4.54. The van der Waals surface area contributed by atoms with E-state index in [1.54, 1.807) is 18.2 Å².